The Morgan fingerprint density at radius 1 is 1.15 bits per heavy atom. The average molecular weight is 362 g/mol. The van der Waals surface area contributed by atoms with Crippen molar-refractivity contribution < 1.29 is 23.8 Å². The van der Waals surface area contributed by atoms with Gasteiger partial charge in [0.1, 0.15) is 12.4 Å². The number of aromatic nitrogens is 1. The van der Waals surface area contributed by atoms with Gasteiger partial charge in [0, 0.05) is 32.8 Å². The van der Waals surface area contributed by atoms with Gasteiger partial charge in [0.05, 0.1) is 6.61 Å². The summed E-state index contributed by atoms with van der Waals surface area (Å²) in [5.41, 5.74) is -0.0264. The first kappa shape index (κ1) is 17.9. The van der Waals surface area contributed by atoms with E-state index < -0.39 is 17.1 Å². The number of rotatable bonds is 6. The van der Waals surface area contributed by atoms with Crippen LogP contribution in [0.3, 0.4) is 0 Å². The topological polar surface area (TPSA) is 81.0 Å². The number of amides is 1. The predicted molar refractivity (Wildman–Crippen MR) is 90.9 cm³/mol. The highest BCUT2D eigenvalue weighted by atomic mass is 19.1. The Hall–Kier alpha value is -2.87. The summed E-state index contributed by atoms with van der Waals surface area (Å²) in [5.74, 6) is -1.22. The lowest BCUT2D eigenvalue weighted by Gasteiger charge is -2.31. The molecule has 0 saturated heterocycles. The summed E-state index contributed by atoms with van der Waals surface area (Å²) < 4.78 is 25.0. The molecule has 8 heteroatoms. The Bertz CT molecular complexity index is 863. The third-order valence-corrected chi connectivity index (χ3v) is 4.16. The molecule has 1 N–H and O–H groups in total. The Balaban J connectivity index is 1.88. The van der Waals surface area contributed by atoms with Crippen molar-refractivity contribution in [2.24, 2.45) is 0 Å². The van der Waals surface area contributed by atoms with E-state index in [1.165, 1.54) is 28.7 Å². The van der Waals surface area contributed by atoms with Gasteiger partial charge in [0.2, 0.25) is 5.43 Å². The van der Waals surface area contributed by atoms with Crippen LogP contribution in [0.25, 0.3) is 0 Å². The molecule has 1 aliphatic heterocycles. The van der Waals surface area contributed by atoms with Gasteiger partial charge in [-0.25, -0.2) is 4.39 Å². The van der Waals surface area contributed by atoms with Crippen molar-refractivity contribution >= 4 is 5.91 Å². The summed E-state index contributed by atoms with van der Waals surface area (Å²) >= 11 is 0. The van der Waals surface area contributed by atoms with E-state index in [9.17, 15) is 19.1 Å². The van der Waals surface area contributed by atoms with Crippen LogP contribution in [0.4, 0.5) is 4.39 Å². The van der Waals surface area contributed by atoms with Crippen LogP contribution in [0.2, 0.25) is 0 Å². The quantitative estimate of drug-likeness (QED) is 0.785. The molecule has 7 nitrogen and oxygen atoms in total. The van der Waals surface area contributed by atoms with E-state index >= 15 is 0 Å². The number of carbonyl (C=O) groups is 1. The van der Waals surface area contributed by atoms with Crippen molar-refractivity contribution in [2.75, 3.05) is 26.9 Å². The maximum atomic E-state index is 13.0. The Morgan fingerprint density at radius 2 is 1.88 bits per heavy atom. The fourth-order valence-electron chi connectivity index (χ4n) is 2.83. The lowest BCUT2D eigenvalue weighted by Crippen LogP contribution is -2.41. The molecule has 138 valence electrons. The highest BCUT2D eigenvalue weighted by Gasteiger charge is 2.30. The molecule has 1 aliphatic rings. The number of pyridine rings is 1. The second-order valence-electron chi connectivity index (χ2n) is 5.89. The molecule has 1 aromatic heterocycles. The number of nitrogens with zero attached hydrogens (tertiary/aromatic N) is 2. The molecule has 0 spiro atoms. The number of halogens is 1. The average Bonchev–Trinajstić information content (AvgIpc) is 2.63. The zero-order valence-corrected chi connectivity index (χ0v) is 14.3. The van der Waals surface area contributed by atoms with Gasteiger partial charge in [-0.05, 0) is 17.7 Å². The van der Waals surface area contributed by atoms with E-state index in [1.54, 1.807) is 12.1 Å². The normalized spacial score (nSPS) is 13.6. The lowest BCUT2D eigenvalue weighted by molar-refractivity contribution is 0.0670. The number of fused-ring (bicyclic) bond motifs is 1. The van der Waals surface area contributed by atoms with Crippen molar-refractivity contribution in [2.45, 2.75) is 13.1 Å². The zero-order chi connectivity index (χ0) is 18.7. The fourth-order valence-corrected chi connectivity index (χ4v) is 2.83. The Morgan fingerprint density at radius 3 is 2.58 bits per heavy atom. The van der Waals surface area contributed by atoms with Gasteiger partial charge in [0.25, 0.3) is 5.91 Å². The molecule has 1 amide bonds. The summed E-state index contributed by atoms with van der Waals surface area (Å²) in [6, 6.07) is 6.99. The molecule has 0 aliphatic carbocycles. The maximum absolute atomic E-state index is 13.0. The minimum Gasteiger partial charge on any atom is -0.503 e. The summed E-state index contributed by atoms with van der Waals surface area (Å²) in [6.07, 6.45) is 0. The van der Waals surface area contributed by atoms with E-state index in [2.05, 4.69) is 0 Å². The first-order chi connectivity index (χ1) is 12.5. The molecule has 0 fully saturated rings. The summed E-state index contributed by atoms with van der Waals surface area (Å²) in [6.45, 7) is 1.52. The van der Waals surface area contributed by atoms with Gasteiger partial charge in [-0.2, -0.15) is 0 Å². The second-order valence-corrected chi connectivity index (χ2v) is 5.89. The smallest absolute Gasteiger partial charge is 0.274 e. The number of ether oxygens (including phenoxy) is 2. The summed E-state index contributed by atoms with van der Waals surface area (Å²) in [4.78, 5) is 26.3. The van der Waals surface area contributed by atoms with Gasteiger partial charge in [-0.3, -0.25) is 9.59 Å². The standard InChI is InChI=1S/C18H19FN2O5/c1-25-8-9-26-15-10-14(22)17(23)16-18(24)20(6-7-21(15)16)11-12-2-4-13(19)5-3-12/h2-5,10,23H,6-9,11H2,1H3. The molecule has 0 radical (unpaired) electrons. The van der Waals surface area contributed by atoms with Crippen molar-refractivity contribution in [3.8, 4) is 11.6 Å². The minimum atomic E-state index is -0.680. The molecule has 26 heavy (non-hydrogen) atoms. The first-order valence-electron chi connectivity index (χ1n) is 8.13. The monoisotopic (exact) mass is 362 g/mol. The fraction of sp³-hybridized carbons (Fsp3) is 0.333. The predicted octanol–water partition coefficient (Wildman–Crippen LogP) is 1.37. The molecule has 1 aromatic carbocycles. The number of carbonyl (C=O) groups excluding carboxylic acids is 1. The van der Waals surface area contributed by atoms with Crippen molar-refractivity contribution in [3.05, 3.63) is 57.6 Å². The highest BCUT2D eigenvalue weighted by Crippen LogP contribution is 2.26. The Kier molecular flexibility index (Phi) is 5.22. The molecule has 2 heterocycles. The number of benzene rings is 1. The van der Waals surface area contributed by atoms with Crippen LogP contribution < -0.4 is 10.2 Å². The van der Waals surface area contributed by atoms with E-state index in [0.29, 0.717) is 19.7 Å². The molecule has 3 rings (SSSR count). The van der Waals surface area contributed by atoms with Crippen LogP contribution in [0.15, 0.2) is 35.1 Å². The minimum absolute atomic E-state index is 0.0988. The molecule has 0 saturated carbocycles. The van der Waals surface area contributed by atoms with Crippen LogP contribution in [0.1, 0.15) is 16.1 Å². The van der Waals surface area contributed by atoms with E-state index in [4.69, 9.17) is 9.47 Å². The molecule has 0 unspecified atom stereocenters. The van der Waals surface area contributed by atoms with E-state index in [-0.39, 0.29) is 30.5 Å². The molecular formula is C18H19FN2O5. The third kappa shape index (κ3) is 3.55. The number of methoxy groups -OCH3 is 1. The lowest BCUT2D eigenvalue weighted by atomic mass is 10.1. The molecular weight excluding hydrogens is 343 g/mol. The number of aromatic hydroxyl groups is 1. The van der Waals surface area contributed by atoms with Gasteiger partial charge in [-0.1, -0.05) is 12.1 Å². The summed E-state index contributed by atoms with van der Waals surface area (Å²) in [7, 11) is 1.53. The number of hydrogen-bond acceptors (Lipinski definition) is 5. The van der Waals surface area contributed by atoms with Crippen LogP contribution in [-0.2, 0) is 17.8 Å². The van der Waals surface area contributed by atoms with Crippen molar-refractivity contribution in [3.63, 3.8) is 0 Å². The van der Waals surface area contributed by atoms with Crippen LogP contribution in [-0.4, -0.2) is 47.3 Å². The van der Waals surface area contributed by atoms with Crippen molar-refractivity contribution in [1.82, 2.24) is 9.47 Å². The SMILES string of the molecule is COCCOc1cc(=O)c(O)c2n1CCN(Cc1ccc(F)cc1)C2=O. The molecule has 0 atom stereocenters. The van der Waals surface area contributed by atoms with Crippen LogP contribution >= 0.6 is 0 Å². The molecule has 0 bridgehead atoms. The van der Waals surface area contributed by atoms with Gasteiger partial charge in [0.15, 0.2) is 17.3 Å². The maximum Gasteiger partial charge on any atom is 0.274 e. The first-order valence-corrected chi connectivity index (χ1v) is 8.13. The Labute approximate surface area is 149 Å². The number of hydrogen-bond donors (Lipinski definition) is 1. The van der Waals surface area contributed by atoms with Crippen LogP contribution in [0, 0.1) is 5.82 Å². The van der Waals surface area contributed by atoms with E-state index in [1.807, 2.05) is 0 Å². The van der Waals surface area contributed by atoms with Crippen molar-refractivity contribution in [1.29, 1.82) is 0 Å². The molecule has 2 aromatic rings. The van der Waals surface area contributed by atoms with Crippen LogP contribution in [0.5, 0.6) is 11.6 Å². The zero-order valence-electron chi connectivity index (χ0n) is 14.3. The van der Waals surface area contributed by atoms with Gasteiger partial charge < -0.3 is 24.0 Å². The summed E-state index contributed by atoms with van der Waals surface area (Å²) in [5, 5.41) is 10.1. The highest BCUT2D eigenvalue weighted by molar-refractivity contribution is 5.96. The third-order valence-electron chi connectivity index (χ3n) is 4.16. The van der Waals surface area contributed by atoms with E-state index in [0.717, 1.165) is 11.6 Å². The second kappa shape index (κ2) is 7.57. The largest absolute Gasteiger partial charge is 0.503 e. The van der Waals surface area contributed by atoms with Gasteiger partial charge >= 0.3 is 0 Å². The van der Waals surface area contributed by atoms with Gasteiger partial charge in [-0.15, -0.1) is 0 Å².